The lowest BCUT2D eigenvalue weighted by molar-refractivity contribution is 0.166. The number of rotatable bonds is 1. The van der Waals surface area contributed by atoms with E-state index in [4.69, 9.17) is 4.74 Å². The van der Waals surface area contributed by atoms with Crippen molar-refractivity contribution in [2.75, 3.05) is 7.11 Å². The lowest BCUT2D eigenvalue weighted by atomic mass is 9.86. The zero-order chi connectivity index (χ0) is 12.0. The summed E-state index contributed by atoms with van der Waals surface area (Å²) in [6.45, 7) is 0. The lowest BCUT2D eigenvalue weighted by Crippen LogP contribution is -2.09. The maximum atomic E-state index is 10.1. The molecule has 1 aliphatic carbocycles. The molecule has 0 amide bonds. The molecule has 2 nitrogen and oxygen atoms in total. The van der Waals surface area contributed by atoms with Gasteiger partial charge in [-0.1, -0.05) is 22.0 Å². The molecule has 0 aliphatic heterocycles. The molecule has 0 fully saturated rings. The number of aliphatic hydroxyl groups excluding tert-OH is 1. The number of ether oxygens (including phenoxy) is 1. The van der Waals surface area contributed by atoms with Crippen molar-refractivity contribution in [3.63, 3.8) is 0 Å². The third-order valence-electron chi connectivity index (χ3n) is 3.42. The molecule has 17 heavy (non-hydrogen) atoms. The molecule has 3 heteroatoms. The zero-order valence-corrected chi connectivity index (χ0v) is 11.1. The summed E-state index contributed by atoms with van der Waals surface area (Å²) in [6.07, 6.45) is 1.27. The van der Waals surface area contributed by atoms with E-state index in [0.717, 1.165) is 39.4 Å². The standard InChI is InChI=1S/C14H13BrO2/c1-17-13-5-2-8-6-9(15)7-11-12(16)4-3-10(13)14(8)11/h2,5-7,12,16H,3-4H2,1H3. The Morgan fingerprint density at radius 1 is 1.35 bits per heavy atom. The van der Waals surface area contributed by atoms with E-state index in [0.29, 0.717) is 0 Å². The van der Waals surface area contributed by atoms with Crippen LogP contribution in [0.2, 0.25) is 0 Å². The molecule has 3 rings (SSSR count). The Morgan fingerprint density at radius 2 is 2.18 bits per heavy atom. The first-order valence-electron chi connectivity index (χ1n) is 5.68. The first-order valence-corrected chi connectivity index (χ1v) is 6.47. The van der Waals surface area contributed by atoms with Crippen LogP contribution in [-0.4, -0.2) is 12.2 Å². The summed E-state index contributed by atoms with van der Waals surface area (Å²) in [5.74, 6) is 0.924. The van der Waals surface area contributed by atoms with Gasteiger partial charge in [-0.25, -0.2) is 0 Å². The molecule has 0 saturated carbocycles. The number of hydrogen-bond donors (Lipinski definition) is 1. The van der Waals surface area contributed by atoms with Crippen LogP contribution in [0, 0.1) is 0 Å². The highest BCUT2D eigenvalue weighted by Gasteiger charge is 2.22. The third-order valence-corrected chi connectivity index (χ3v) is 3.88. The summed E-state index contributed by atoms with van der Waals surface area (Å²) >= 11 is 3.49. The highest BCUT2D eigenvalue weighted by atomic mass is 79.9. The largest absolute Gasteiger partial charge is 0.496 e. The summed E-state index contributed by atoms with van der Waals surface area (Å²) in [4.78, 5) is 0. The van der Waals surface area contributed by atoms with Crippen LogP contribution in [0.5, 0.6) is 5.75 Å². The van der Waals surface area contributed by atoms with Gasteiger partial charge in [0.1, 0.15) is 5.75 Å². The number of aryl methyl sites for hydroxylation is 1. The van der Waals surface area contributed by atoms with E-state index in [9.17, 15) is 5.11 Å². The average molecular weight is 293 g/mol. The number of halogens is 1. The summed E-state index contributed by atoms with van der Waals surface area (Å²) in [7, 11) is 1.70. The quantitative estimate of drug-likeness (QED) is 0.870. The Balaban J connectivity index is 2.43. The van der Waals surface area contributed by atoms with Crippen LogP contribution in [0.1, 0.15) is 23.7 Å². The molecule has 0 saturated heterocycles. The van der Waals surface area contributed by atoms with Gasteiger partial charge in [-0.2, -0.15) is 0 Å². The normalized spacial score (nSPS) is 18.4. The molecule has 0 heterocycles. The molecule has 88 valence electrons. The second-order valence-electron chi connectivity index (χ2n) is 4.39. The first kappa shape index (κ1) is 11.1. The number of hydrogen-bond acceptors (Lipinski definition) is 2. The number of benzene rings is 2. The van der Waals surface area contributed by atoms with Crippen molar-refractivity contribution in [1.82, 2.24) is 0 Å². The van der Waals surface area contributed by atoms with Crippen molar-refractivity contribution in [3.05, 3.63) is 39.9 Å². The second kappa shape index (κ2) is 4.00. The van der Waals surface area contributed by atoms with Crippen LogP contribution >= 0.6 is 15.9 Å². The van der Waals surface area contributed by atoms with Gasteiger partial charge in [0.05, 0.1) is 13.2 Å². The molecule has 2 aromatic carbocycles. The van der Waals surface area contributed by atoms with Crippen molar-refractivity contribution < 1.29 is 9.84 Å². The molecule has 1 unspecified atom stereocenters. The van der Waals surface area contributed by atoms with Crippen LogP contribution in [0.3, 0.4) is 0 Å². The van der Waals surface area contributed by atoms with Gasteiger partial charge in [0.25, 0.3) is 0 Å². The van der Waals surface area contributed by atoms with Gasteiger partial charge in [0.15, 0.2) is 0 Å². The minimum absolute atomic E-state index is 0.366. The monoisotopic (exact) mass is 292 g/mol. The molecular formula is C14H13BrO2. The van der Waals surface area contributed by atoms with E-state index in [1.165, 1.54) is 5.56 Å². The summed E-state index contributed by atoms with van der Waals surface area (Å²) < 4.78 is 6.42. The predicted octanol–water partition coefficient (Wildman–Crippen LogP) is 3.59. The van der Waals surface area contributed by atoms with Crippen molar-refractivity contribution in [2.24, 2.45) is 0 Å². The second-order valence-corrected chi connectivity index (χ2v) is 5.31. The SMILES string of the molecule is COc1ccc2cc(Br)cc3c2c1CCC3O. The molecule has 0 aromatic heterocycles. The molecular weight excluding hydrogens is 280 g/mol. The highest BCUT2D eigenvalue weighted by molar-refractivity contribution is 9.10. The molecule has 1 atom stereocenters. The molecule has 2 aromatic rings. The topological polar surface area (TPSA) is 29.5 Å². The van der Waals surface area contributed by atoms with Crippen molar-refractivity contribution in [2.45, 2.75) is 18.9 Å². The molecule has 0 spiro atoms. The number of aliphatic hydroxyl groups is 1. The van der Waals surface area contributed by atoms with E-state index >= 15 is 0 Å². The Hall–Kier alpha value is -1.06. The Kier molecular flexibility index (Phi) is 2.60. The van der Waals surface area contributed by atoms with Gasteiger partial charge in [-0.15, -0.1) is 0 Å². The van der Waals surface area contributed by atoms with Gasteiger partial charge >= 0.3 is 0 Å². The summed E-state index contributed by atoms with van der Waals surface area (Å²) in [6, 6.07) is 8.14. The smallest absolute Gasteiger partial charge is 0.122 e. The van der Waals surface area contributed by atoms with Gasteiger partial charge in [-0.05, 0) is 47.4 Å². The lowest BCUT2D eigenvalue weighted by Gasteiger charge is -2.24. The van der Waals surface area contributed by atoms with Crippen molar-refractivity contribution >= 4 is 26.7 Å². The van der Waals surface area contributed by atoms with Crippen LogP contribution in [0.15, 0.2) is 28.7 Å². The zero-order valence-electron chi connectivity index (χ0n) is 9.53. The molecule has 1 N–H and O–H groups in total. The first-order chi connectivity index (χ1) is 8.20. The van der Waals surface area contributed by atoms with Crippen molar-refractivity contribution in [3.8, 4) is 5.75 Å². The van der Waals surface area contributed by atoms with Crippen LogP contribution in [0.25, 0.3) is 10.8 Å². The Bertz CT molecular complexity index is 592. The predicted molar refractivity (Wildman–Crippen MR) is 71.5 cm³/mol. The maximum absolute atomic E-state index is 10.1. The summed E-state index contributed by atoms with van der Waals surface area (Å²) in [5, 5.41) is 12.4. The van der Waals surface area contributed by atoms with Gasteiger partial charge in [-0.3, -0.25) is 0 Å². The van der Waals surface area contributed by atoms with Crippen LogP contribution < -0.4 is 4.74 Å². The highest BCUT2D eigenvalue weighted by Crippen LogP contribution is 2.41. The minimum Gasteiger partial charge on any atom is -0.496 e. The van der Waals surface area contributed by atoms with E-state index in [-0.39, 0.29) is 6.10 Å². The Labute approximate surface area is 108 Å². The fourth-order valence-corrected chi connectivity index (χ4v) is 3.15. The minimum atomic E-state index is -0.366. The van der Waals surface area contributed by atoms with E-state index in [1.54, 1.807) is 7.11 Å². The summed E-state index contributed by atoms with van der Waals surface area (Å²) in [5.41, 5.74) is 2.23. The van der Waals surface area contributed by atoms with E-state index < -0.39 is 0 Å². The van der Waals surface area contributed by atoms with Gasteiger partial charge in [0.2, 0.25) is 0 Å². The van der Waals surface area contributed by atoms with Gasteiger partial charge < -0.3 is 9.84 Å². The maximum Gasteiger partial charge on any atom is 0.122 e. The van der Waals surface area contributed by atoms with Crippen LogP contribution in [0.4, 0.5) is 0 Å². The fourth-order valence-electron chi connectivity index (χ4n) is 2.66. The third kappa shape index (κ3) is 1.65. The average Bonchev–Trinajstić information content (AvgIpc) is 2.33. The molecule has 0 bridgehead atoms. The van der Waals surface area contributed by atoms with Crippen LogP contribution in [-0.2, 0) is 6.42 Å². The molecule has 1 aliphatic rings. The Morgan fingerprint density at radius 3 is 2.94 bits per heavy atom. The van der Waals surface area contributed by atoms with Gasteiger partial charge in [0, 0.05) is 10.0 Å². The van der Waals surface area contributed by atoms with Crippen molar-refractivity contribution in [1.29, 1.82) is 0 Å². The molecule has 0 radical (unpaired) electrons. The fraction of sp³-hybridized carbons (Fsp3) is 0.286. The van der Waals surface area contributed by atoms with E-state index in [1.807, 2.05) is 18.2 Å². The number of methoxy groups -OCH3 is 1. The van der Waals surface area contributed by atoms with E-state index in [2.05, 4.69) is 22.0 Å².